The molecule has 2 rings (SSSR count). The molecule has 4 nitrogen and oxygen atoms in total. The number of rotatable bonds is 6. The van der Waals surface area contributed by atoms with Crippen LogP contribution in [-0.4, -0.2) is 40.8 Å². The van der Waals surface area contributed by atoms with E-state index in [0.717, 1.165) is 18.8 Å². The van der Waals surface area contributed by atoms with Crippen LogP contribution in [0.25, 0.3) is 0 Å². The van der Waals surface area contributed by atoms with Crippen molar-refractivity contribution in [2.45, 2.75) is 37.1 Å². The van der Waals surface area contributed by atoms with E-state index in [1.165, 1.54) is 10.5 Å². The minimum atomic E-state index is 0.303. The van der Waals surface area contributed by atoms with E-state index in [9.17, 15) is 0 Å². The molecule has 1 aliphatic rings. The van der Waals surface area contributed by atoms with Crippen molar-refractivity contribution in [1.29, 1.82) is 0 Å². The fraction of sp³-hybridized carbons (Fsp3) is 0.533. The average molecular weight is 293 g/mol. The summed E-state index contributed by atoms with van der Waals surface area (Å²) in [7, 11) is 0. The third-order valence-electron chi connectivity index (χ3n) is 3.77. The molecule has 20 heavy (non-hydrogen) atoms. The summed E-state index contributed by atoms with van der Waals surface area (Å²) < 4.78 is 0. The Hall–Kier alpha value is -1.20. The standard InChI is InChI=1S/C15H23N3OS/c1-11(2)18(8-7-15(16)17-19)9-12-10-20-14-6-4-3-5-13(12)14/h3-6,11-12,19H,7-10H2,1-2H3,(H2,16,17). The maximum atomic E-state index is 8.64. The Labute approximate surface area is 125 Å². The lowest BCUT2D eigenvalue weighted by molar-refractivity contribution is 0.217. The molecule has 1 atom stereocenters. The number of thioether (sulfide) groups is 1. The number of fused-ring (bicyclic) bond motifs is 1. The van der Waals surface area contributed by atoms with E-state index in [4.69, 9.17) is 10.9 Å². The molecule has 0 saturated heterocycles. The van der Waals surface area contributed by atoms with Gasteiger partial charge in [0.25, 0.3) is 0 Å². The first-order valence-electron chi connectivity index (χ1n) is 7.04. The second-order valence-corrected chi connectivity index (χ2v) is 6.54. The Morgan fingerprint density at radius 3 is 2.95 bits per heavy atom. The summed E-state index contributed by atoms with van der Waals surface area (Å²) in [6, 6.07) is 9.12. The average Bonchev–Trinajstić information content (AvgIpc) is 2.86. The van der Waals surface area contributed by atoms with Gasteiger partial charge in [-0.15, -0.1) is 11.8 Å². The summed E-state index contributed by atoms with van der Waals surface area (Å²) in [5.41, 5.74) is 7.04. The van der Waals surface area contributed by atoms with E-state index in [2.05, 4.69) is 48.2 Å². The van der Waals surface area contributed by atoms with Crippen molar-refractivity contribution in [1.82, 2.24) is 4.90 Å². The Kier molecular flexibility index (Phi) is 5.31. The third kappa shape index (κ3) is 3.67. The molecule has 1 aliphatic heterocycles. The van der Waals surface area contributed by atoms with Crippen molar-refractivity contribution in [2.24, 2.45) is 10.9 Å². The third-order valence-corrected chi connectivity index (χ3v) is 5.02. The number of nitrogens with zero attached hydrogens (tertiary/aromatic N) is 2. The molecule has 1 unspecified atom stereocenters. The molecule has 110 valence electrons. The van der Waals surface area contributed by atoms with Crippen molar-refractivity contribution in [3.8, 4) is 0 Å². The van der Waals surface area contributed by atoms with Crippen LogP contribution in [-0.2, 0) is 0 Å². The first-order chi connectivity index (χ1) is 9.61. The van der Waals surface area contributed by atoms with Crippen LogP contribution in [0, 0.1) is 0 Å². The summed E-state index contributed by atoms with van der Waals surface area (Å²) in [4.78, 5) is 3.82. The normalized spacial score (nSPS) is 18.8. The maximum Gasteiger partial charge on any atom is 0.140 e. The van der Waals surface area contributed by atoms with Crippen LogP contribution in [0.15, 0.2) is 34.3 Å². The summed E-state index contributed by atoms with van der Waals surface area (Å²) in [6.45, 7) is 6.25. The van der Waals surface area contributed by atoms with Crippen molar-refractivity contribution in [3.05, 3.63) is 29.8 Å². The van der Waals surface area contributed by atoms with Crippen molar-refractivity contribution in [2.75, 3.05) is 18.8 Å². The van der Waals surface area contributed by atoms with Gasteiger partial charge in [-0.2, -0.15) is 0 Å². The SMILES string of the molecule is CC(C)N(CCC(N)=NO)CC1CSc2ccccc21. The molecule has 0 saturated carbocycles. The van der Waals surface area contributed by atoms with Gasteiger partial charge in [-0.25, -0.2) is 0 Å². The number of amidine groups is 1. The quantitative estimate of drug-likeness (QED) is 0.366. The molecule has 1 aromatic carbocycles. The monoisotopic (exact) mass is 293 g/mol. The molecular formula is C15H23N3OS. The highest BCUT2D eigenvalue weighted by atomic mass is 32.2. The van der Waals surface area contributed by atoms with Gasteiger partial charge in [0.2, 0.25) is 0 Å². The minimum absolute atomic E-state index is 0.303. The second kappa shape index (κ2) is 6.99. The zero-order chi connectivity index (χ0) is 14.5. The number of benzene rings is 1. The van der Waals surface area contributed by atoms with Crippen molar-refractivity contribution in [3.63, 3.8) is 0 Å². The maximum absolute atomic E-state index is 8.64. The fourth-order valence-corrected chi connectivity index (χ4v) is 3.77. The zero-order valence-electron chi connectivity index (χ0n) is 12.1. The molecule has 0 fully saturated rings. The highest BCUT2D eigenvalue weighted by Crippen LogP contribution is 2.39. The van der Waals surface area contributed by atoms with Gasteiger partial charge >= 0.3 is 0 Å². The molecular weight excluding hydrogens is 270 g/mol. The number of hydrogen-bond donors (Lipinski definition) is 2. The molecule has 0 aliphatic carbocycles. The van der Waals surface area contributed by atoms with Crippen LogP contribution in [0.1, 0.15) is 31.7 Å². The first-order valence-corrected chi connectivity index (χ1v) is 8.02. The predicted molar refractivity (Wildman–Crippen MR) is 84.6 cm³/mol. The second-order valence-electron chi connectivity index (χ2n) is 5.48. The molecule has 3 N–H and O–H groups in total. The van der Waals surface area contributed by atoms with Gasteiger partial charge in [0.05, 0.1) is 0 Å². The van der Waals surface area contributed by atoms with E-state index < -0.39 is 0 Å². The minimum Gasteiger partial charge on any atom is -0.409 e. The van der Waals surface area contributed by atoms with Gasteiger partial charge in [0.15, 0.2) is 0 Å². The summed E-state index contributed by atoms with van der Waals surface area (Å²) in [6.07, 6.45) is 0.607. The lowest BCUT2D eigenvalue weighted by Crippen LogP contribution is -2.37. The molecule has 0 spiro atoms. The van der Waals surface area contributed by atoms with Crippen LogP contribution in [0.5, 0.6) is 0 Å². The Balaban J connectivity index is 1.99. The van der Waals surface area contributed by atoms with Gasteiger partial charge in [0, 0.05) is 42.1 Å². The Morgan fingerprint density at radius 1 is 1.50 bits per heavy atom. The summed E-state index contributed by atoms with van der Waals surface area (Å²) >= 11 is 1.94. The van der Waals surface area contributed by atoms with Gasteiger partial charge < -0.3 is 10.9 Å². The highest BCUT2D eigenvalue weighted by molar-refractivity contribution is 7.99. The Bertz CT molecular complexity index is 476. The summed E-state index contributed by atoms with van der Waals surface area (Å²) in [5, 5.41) is 11.7. The number of hydrogen-bond acceptors (Lipinski definition) is 4. The largest absolute Gasteiger partial charge is 0.409 e. The van der Waals surface area contributed by atoms with Crippen LogP contribution >= 0.6 is 11.8 Å². The van der Waals surface area contributed by atoms with Gasteiger partial charge in [-0.1, -0.05) is 23.4 Å². The Morgan fingerprint density at radius 2 is 2.25 bits per heavy atom. The molecule has 0 aromatic heterocycles. The van der Waals surface area contributed by atoms with E-state index >= 15 is 0 Å². The van der Waals surface area contributed by atoms with Crippen molar-refractivity contribution >= 4 is 17.6 Å². The van der Waals surface area contributed by atoms with E-state index in [1.54, 1.807) is 0 Å². The molecule has 0 bridgehead atoms. The van der Waals surface area contributed by atoms with Crippen LogP contribution in [0.2, 0.25) is 0 Å². The van der Waals surface area contributed by atoms with Crippen LogP contribution in [0.4, 0.5) is 0 Å². The zero-order valence-corrected chi connectivity index (χ0v) is 12.9. The molecule has 5 heteroatoms. The molecule has 0 amide bonds. The van der Waals surface area contributed by atoms with E-state index in [-0.39, 0.29) is 0 Å². The smallest absolute Gasteiger partial charge is 0.140 e. The van der Waals surface area contributed by atoms with Gasteiger partial charge in [-0.3, -0.25) is 4.90 Å². The lowest BCUT2D eigenvalue weighted by atomic mass is 10.00. The van der Waals surface area contributed by atoms with E-state index in [0.29, 0.717) is 24.2 Å². The predicted octanol–water partition coefficient (Wildman–Crippen LogP) is 2.72. The molecule has 0 radical (unpaired) electrons. The van der Waals surface area contributed by atoms with Crippen molar-refractivity contribution < 1.29 is 5.21 Å². The number of nitrogens with two attached hydrogens (primary N) is 1. The van der Waals surface area contributed by atoms with Gasteiger partial charge in [-0.05, 0) is 25.5 Å². The number of oxime groups is 1. The lowest BCUT2D eigenvalue weighted by Gasteiger charge is -2.29. The molecule has 1 aromatic rings. The summed E-state index contributed by atoms with van der Waals surface area (Å²) in [5.74, 6) is 2.02. The fourth-order valence-electron chi connectivity index (χ4n) is 2.53. The first kappa shape index (κ1) is 15.2. The van der Waals surface area contributed by atoms with E-state index in [1.807, 2.05) is 11.8 Å². The van der Waals surface area contributed by atoms with Crippen LogP contribution in [0.3, 0.4) is 0 Å². The topological polar surface area (TPSA) is 61.8 Å². The molecule has 1 heterocycles. The highest BCUT2D eigenvalue weighted by Gasteiger charge is 2.25. The van der Waals surface area contributed by atoms with Gasteiger partial charge in [0.1, 0.15) is 5.84 Å². The van der Waals surface area contributed by atoms with Crippen LogP contribution < -0.4 is 5.73 Å².